The van der Waals surface area contributed by atoms with Crippen molar-refractivity contribution < 1.29 is 0 Å². The third-order valence-corrected chi connectivity index (χ3v) is 4.04. The Morgan fingerprint density at radius 2 is 1.89 bits per heavy atom. The van der Waals surface area contributed by atoms with Crippen LogP contribution >= 0.6 is 34.8 Å². The lowest BCUT2D eigenvalue weighted by atomic mass is 10.1. The summed E-state index contributed by atoms with van der Waals surface area (Å²) in [7, 11) is 0. The van der Waals surface area contributed by atoms with E-state index in [0.717, 1.165) is 16.8 Å². The number of aromatic nitrogens is 1. The van der Waals surface area contributed by atoms with Gasteiger partial charge in [-0.05, 0) is 37.1 Å². The second-order valence-corrected chi connectivity index (χ2v) is 5.45. The van der Waals surface area contributed by atoms with Gasteiger partial charge < -0.3 is 5.32 Å². The lowest BCUT2D eigenvalue weighted by Crippen LogP contribution is -2.09. The summed E-state index contributed by atoms with van der Waals surface area (Å²) in [5.74, 6) is 0. The summed E-state index contributed by atoms with van der Waals surface area (Å²) in [6.45, 7) is 3.97. The summed E-state index contributed by atoms with van der Waals surface area (Å²) in [5, 5.41) is 4.87. The summed E-state index contributed by atoms with van der Waals surface area (Å²) in [4.78, 5) is 4.07. The first-order chi connectivity index (χ1) is 9.00. The molecule has 2 aromatic rings. The molecule has 1 aromatic carbocycles. The number of anilines is 1. The molecule has 0 bridgehead atoms. The Labute approximate surface area is 127 Å². The largest absolute Gasteiger partial charge is 0.376 e. The molecule has 0 fully saturated rings. The fourth-order valence-corrected chi connectivity index (χ4v) is 2.58. The van der Waals surface area contributed by atoms with E-state index in [9.17, 15) is 0 Å². The van der Waals surface area contributed by atoms with Gasteiger partial charge in [-0.1, -0.05) is 46.9 Å². The van der Waals surface area contributed by atoms with E-state index in [1.165, 1.54) is 0 Å². The monoisotopic (exact) mass is 314 g/mol. The van der Waals surface area contributed by atoms with Gasteiger partial charge in [-0.3, -0.25) is 0 Å². The van der Waals surface area contributed by atoms with Crippen molar-refractivity contribution in [3.8, 4) is 0 Å². The minimum atomic E-state index is -0.0217. The van der Waals surface area contributed by atoms with Crippen LogP contribution in [0.3, 0.4) is 0 Å². The summed E-state index contributed by atoms with van der Waals surface area (Å²) >= 11 is 18.3. The summed E-state index contributed by atoms with van der Waals surface area (Å²) in [6.07, 6.45) is 1.68. The molecule has 1 heterocycles. The molecular formula is C14H13Cl3N2. The Balaban J connectivity index is 2.31. The fraction of sp³-hybridized carbons (Fsp3) is 0.214. The number of hydrogen-bond acceptors (Lipinski definition) is 2. The molecule has 1 N–H and O–H groups in total. The predicted molar refractivity (Wildman–Crippen MR) is 82.5 cm³/mol. The van der Waals surface area contributed by atoms with Crippen LogP contribution in [0.1, 0.15) is 24.1 Å². The molecule has 0 aliphatic carbocycles. The molecule has 0 radical (unpaired) electrons. The van der Waals surface area contributed by atoms with Crippen LogP contribution in [0, 0.1) is 6.92 Å². The van der Waals surface area contributed by atoms with Gasteiger partial charge in [0.05, 0.1) is 21.8 Å². The van der Waals surface area contributed by atoms with Crippen LogP contribution in [0.2, 0.25) is 15.2 Å². The van der Waals surface area contributed by atoms with Gasteiger partial charge in [0.1, 0.15) is 0 Å². The van der Waals surface area contributed by atoms with Crippen molar-refractivity contribution in [3.63, 3.8) is 0 Å². The smallest absolute Gasteiger partial charge is 0.152 e. The molecule has 0 saturated carbocycles. The van der Waals surface area contributed by atoms with Crippen LogP contribution < -0.4 is 5.32 Å². The van der Waals surface area contributed by atoms with Crippen LogP contribution in [0.15, 0.2) is 30.5 Å². The zero-order valence-electron chi connectivity index (χ0n) is 10.5. The van der Waals surface area contributed by atoms with Gasteiger partial charge in [-0.15, -0.1) is 0 Å². The summed E-state index contributed by atoms with van der Waals surface area (Å²) < 4.78 is 0. The van der Waals surface area contributed by atoms with E-state index in [1.54, 1.807) is 12.3 Å². The van der Waals surface area contributed by atoms with E-state index in [2.05, 4.69) is 10.3 Å². The predicted octanol–water partition coefficient (Wildman–Crippen LogP) is 5.52. The Hall–Kier alpha value is -0.960. The summed E-state index contributed by atoms with van der Waals surface area (Å²) in [6, 6.07) is 7.46. The molecule has 2 nitrogen and oxygen atoms in total. The third-order valence-electron chi connectivity index (χ3n) is 2.92. The maximum absolute atomic E-state index is 6.21. The molecule has 5 heteroatoms. The molecule has 0 amide bonds. The van der Waals surface area contributed by atoms with Crippen molar-refractivity contribution in [1.29, 1.82) is 0 Å². The SMILES string of the molecule is Cc1ccnc(Cl)c1NC(C)c1cccc(Cl)c1Cl. The average Bonchev–Trinajstić information content (AvgIpc) is 2.37. The van der Waals surface area contributed by atoms with Crippen molar-refractivity contribution >= 4 is 40.5 Å². The Kier molecular flexibility index (Phi) is 4.56. The number of nitrogens with zero attached hydrogens (tertiary/aromatic N) is 1. The lowest BCUT2D eigenvalue weighted by Gasteiger charge is -2.19. The van der Waals surface area contributed by atoms with Gasteiger partial charge in [0.15, 0.2) is 5.15 Å². The van der Waals surface area contributed by atoms with Crippen LogP contribution in [0.25, 0.3) is 0 Å². The van der Waals surface area contributed by atoms with Crippen molar-refractivity contribution in [2.75, 3.05) is 5.32 Å². The first-order valence-corrected chi connectivity index (χ1v) is 6.95. The highest BCUT2D eigenvalue weighted by Gasteiger charge is 2.14. The first-order valence-electron chi connectivity index (χ1n) is 5.82. The molecule has 0 aliphatic heterocycles. The van der Waals surface area contributed by atoms with Crippen LogP contribution in [0.4, 0.5) is 5.69 Å². The molecular weight excluding hydrogens is 303 g/mol. The Morgan fingerprint density at radius 1 is 1.16 bits per heavy atom. The summed E-state index contributed by atoms with van der Waals surface area (Å²) in [5.41, 5.74) is 2.77. The number of aryl methyl sites for hydroxylation is 1. The van der Waals surface area contributed by atoms with Gasteiger partial charge in [-0.2, -0.15) is 0 Å². The van der Waals surface area contributed by atoms with Crippen molar-refractivity contribution in [1.82, 2.24) is 4.98 Å². The topological polar surface area (TPSA) is 24.9 Å². The number of nitrogens with one attached hydrogen (secondary N) is 1. The maximum atomic E-state index is 6.21. The molecule has 100 valence electrons. The van der Waals surface area contributed by atoms with E-state index < -0.39 is 0 Å². The van der Waals surface area contributed by atoms with Crippen molar-refractivity contribution in [2.45, 2.75) is 19.9 Å². The number of pyridine rings is 1. The van der Waals surface area contributed by atoms with E-state index in [0.29, 0.717) is 15.2 Å². The molecule has 0 saturated heterocycles. The van der Waals surface area contributed by atoms with Gasteiger partial charge >= 0.3 is 0 Å². The highest BCUT2D eigenvalue weighted by molar-refractivity contribution is 6.42. The van der Waals surface area contributed by atoms with Crippen LogP contribution in [-0.2, 0) is 0 Å². The van der Waals surface area contributed by atoms with Gasteiger partial charge in [0.2, 0.25) is 0 Å². The Morgan fingerprint density at radius 3 is 2.58 bits per heavy atom. The Bertz CT molecular complexity index is 579. The van der Waals surface area contributed by atoms with Gasteiger partial charge in [0, 0.05) is 6.20 Å². The molecule has 1 aromatic heterocycles. The van der Waals surface area contributed by atoms with Crippen LogP contribution in [0.5, 0.6) is 0 Å². The highest BCUT2D eigenvalue weighted by Crippen LogP contribution is 2.33. The number of benzene rings is 1. The fourth-order valence-electron chi connectivity index (χ4n) is 1.85. The highest BCUT2D eigenvalue weighted by atomic mass is 35.5. The zero-order valence-corrected chi connectivity index (χ0v) is 12.8. The van der Waals surface area contributed by atoms with E-state index in [1.807, 2.05) is 32.0 Å². The molecule has 2 rings (SSSR count). The molecule has 0 spiro atoms. The van der Waals surface area contributed by atoms with Gasteiger partial charge in [0.25, 0.3) is 0 Å². The molecule has 19 heavy (non-hydrogen) atoms. The van der Waals surface area contributed by atoms with Crippen LogP contribution in [-0.4, -0.2) is 4.98 Å². The average molecular weight is 316 g/mol. The number of hydrogen-bond donors (Lipinski definition) is 1. The molecule has 1 unspecified atom stereocenters. The zero-order chi connectivity index (χ0) is 14.0. The lowest BCUT2D eigenvalue weighted by molar-refractivity contribution is 0.881. The second kappa shape index (κ2) is 6.00. The van der Waals surface area contributed by atoms with E-state index in [4.69, 9.17) is 34.8 Å². The standard InChI is InChI=1S/C14H13Cl3N2/c1-8-6-7-18-14(17)13(8)19-9(2)10-4-3-5-11(15)12(10)16/h3-7,9,19H,1-2H3. The normalized spacial score (nSPS) is 12.3. The first kappa shape index (κ1) is 14.4. The number of halogens is 3. The van der Waals surface area contributed by atoms with E-state index >= 15 is 0 Å². The number of rotatable bonds is 3. The van der Waals surface area contributed by atoms with Gasteiger partial charge in [-0.25, -0.2) is 4.98 Å². The quantitative estimate of drug-likeness (QED) is 0.754. The third kappa shape index (κ3) is 3.14. The molecule has 0 aliphatic rings. The van der Waals surface area contributed by atoms with Crippen molar-refractivity contribution in [2.24, 2.45) is 0 Å². The molecule has 1 atom stereocenters. The second-order valence-electron chi connectivity index (χ2n) is 4.30. The van der Waals surface area contributed by atoms with Crippen molar-refractivity contribution in [3.05, 3.63) is 56.8 Å². The minimum Gasteiger partial charge on any atom is -0.376 e. The minimum absolute atomic E-state index is 0.0217. The van der Waals surface area contributed by atoms with E-state index in [-0.39, 0.29) is 6.04 Å². The maximum Gasteiger partial charge on any atom is 0.152 e.